The Hall–Kier alpha value is -2.85. The van der Waals surface area contributed by atoms with Crippen molar-refractivity contribution in [3.63, 3.8) is 0 Å². The van der Waals surface area contributed by atoms with Gasteiger partial charge in [0.05, 0.1) is 23.4 Å². The summed E-state index contributed by atoms with van der Waals surface area (Å²) in [4.78, 5) is 12.4. The number of carbonyl (C=O) groups is 1. The van der Waals surface area contributed by atoms with Crippen LogP contribution in [-0.2, 0) is 11.2 Å². The van der Waals surface area contributed by atoms with Crippen LogP contribution in [-0.4, -0.2) is 5.91 Å². The lowest BCUT2D eigenvalue weighted by Gasteiger charge is -2.07. The van der Waals surface area contributed by atoms with E-state index >= 15 is 0 Å². The summed E-state index contributed by atoms with van der Waals surface area (Å²) in [7, 11) is 0. The summed E-state index contributed by atoms with van der Waals surface area (Å²) in [5, 5.41) is 5.92. The Morgan fingerprint density at radius 2 is 1.96 bits per heavy atom. The highest BCUT2D eigenvalue weighted by atomic mass is 35.5. The maximum Gasteiger partial charge on any atom is 0.228 e. The molecule has 0 saturated carbocycles. The van der Waals surface area contributed by atoms with Gasteiger partial charge in [-0.25, -0.2) is 4.39 Å². The maximum atomic E-state index is 13.1. The van der Waals surface area contributed by atoms with Gasteiger partial charge in [0, 0.05) is 10.9 Å². The summed E-state index contributed by atoms with van der Waals surface area (Å²) >= 11 is 5.96. The van der Waals surface area contributed by atoms with Gasteiger partial charge in [-0.15, -0.1) is 0 Å². The topological polar surface area (TPSA) is 42.2 Å². The van der Waals surface area contributed by atoms with Gasteiger partial charge in [0.2, 0.25) is 5.91 Å². The number of anilines is 1. The Labute approximate surface area is 148 Å². The van der Waals surface area contributed by atoms with E-state index in [9.17, 15) is 9.18 Å². The Bertz CT molecular complexity index is 1100. The smallest absolute Gasteiger partial charge is 0.228 e. The molecule has 0 aliphatic carbocycles. The third-order valence-corrected chi connectivity index (χ3v) is 4.41. The molecular weight excluding hydrogens is 341 g/mol. The first-order valence-electron chi connectivity index (χ1n) is 7.74. The van der Waals surface area contributed by atoms with Crippen molar-refractivity contribution in [2.24, 2.45) is 0 Å². The molecule has 0 bridgehead atoms. The molecule has 0 aliphatic heterocycles. The molecule has 25 heavy (non-hydrogen) atoms. The standard InChI is InChI=1S/C20H13ClFNO2/c21-16-10-14(22)6-7-17(16)23-19(24)9-13-11-25-18-8-5-12-3-1-2-4-15(12)20(13)18/h1-8,10-11H,9H2,(H,23,24). The van der Waals surface area contributed by atoms with E-state index in [1.807, 2.05) is 36.4 Å². The van der Waals surface area contributed by atoms with Crippen LogP contribution in [0.5, 0.6) is 0 Å². The van der Waals surface area contributed by atoms with Gasteiger partial charge in [0.1, 0.15) is 11.4 Å². The van der Waals surface area contributed by atoms with E-state index in [-0.39, 0.29) is 17.4 Å². The Kier molecular flexibility index (Phi) is 3.90. The minimum absolute atomic E-state index is 0.134. The van der Waals surface area contributed by atoms with E-state index in [1.165, 1.54) is 12.1 Å². The fourth-order valence-corrected chi connectivity index (χ4v) is 3.18. The molecule has 124 valence electrons. The van der Waals surface area contributed by atoms with E-state index in [0.717, 1.165) is 33.4 Å². The average Bonchev–Trinajstić information content (AvgIpc) is 3.01. The fraction of sp³-hybridized carbons (Fsp3) is 0.0500. The summed E-state index contributed by atoms with van der Waals surface area (Å²) in [5.41, 5.74) is 1.91. The number of halogens is 2. The normalized spacial score (nSPS) is 11.1. The van der Waals surface area contributed by atoms with Gasteiger partial charge in [0.15, 0.2) is 0 Å². The molecule has 0 radical (unpaired) electrons. The van der Waals surface area contributed by atoms with Crippen molar-refractivity contribution < 1.29 is 13.6 Å². The number of rotatable bonds is 3. The van der Waals surface area contributed by atoms with Crippen molar-refractivity contribution in [2.75, 3.05) is 5.32 Å². The first-order valence-corrected chi connectivity index (χ1v) is 8.12. The zero-order valence-electron chi connectivity index (χ0n) is 13.1. The van der Waals surface area contributed by atoms with Gasteiger partial charge >= 0.3 is 0 Å². The number of fused-ring (bicyclic) bond motifs is 3. The van der Waals surface area contributed by atoms with Crippen molar-refractivity contribution in [1.82, 2.24) is 0 Å². The van der Waals surface area contributed by atoms with Crippen molar-refractivity contribution in [1.29, 1.82) is 0 Å². The summed E-state index contributed by atoms with van der Waals surface area (Å²) in [6.07, 6.45) is 1.73. The second-order valence-electron chi connectivity index (χ2n) is 5.77. The van der Waals surface area contributed by atoms with Gasteiger partial charge in [-0.05, 0) is 35.0 Å². The molecule has 0 fully saturated rings. The van der Waals surface area contributed by atoms with Gasteiger partial charge in [-0.1, -0.05) is 41.9 Å². The molecular formula is C20H13ClFNO2. The number of hydrogen-bond acceptors (Lipinski definition) is 2. The Morgan fingerprint density at radius 1 is 1.12 bits per heavy atom. The molecule has 1 aromatic heterocycles. The first-order chi connectivity index (χ1) is 12.1. The quantitative estimate of drug-likeness (QED) is 0.524. The molecule has 3 nitrogen and oxygen atoms in total. The molecule has 0 aliphatic rings. The van der Waals surface area contributed by atoms with Crippen LogP contribution in [0.2, 0.25) is 5.02 Å². The highest BCUT2D eigenvalue weighted by Crippen LogP contribution is 2.30. The highest BCUT2D eigenvalue weighted by molar-refractivity contribution is 6.33. The molecule has 0 unspecified atom stereocenters. The predicted octanol–water partition coefficient (Wildman–Crippen LogP) is 5.56. The van der Waals surface area contributed by atoms with Crippen LogP contribution in [0.25, 0.3) is 21.7 Å². The van der Waals surface area contributed by atoms with Crippen molar-refractivity contribution in [2.45, 2.75) is 6.42 Å². The molecule has 4 aromatic rings. The lowest BCUT2D eigenvalue weighted by atomic mass is 10.0. The lowest BCUT2D eigenvalue weighted by Crippen LogP contribution is -2.14. The van der Waals surface area contributed by atoms with Gasteiger partial charge < -0.3 is 9.73 Å². The number of amides is 1. The van der Waals surface area contributed by atoms with Crippen LogP contribution in [0.3, 0.4) is 0 Å². The molecule has 0 atom stereocenters. The molecule has 0 spiro atoms. The van der Waals surface area contributed by atoms with Crippen LogP contribution in [0, 0.1) is 5.82 Å². The maximum absolute atomic E-state index is 13.1. The Morgan fingerprint density at radius 3 is 2.80 bits per heavy atom. The van der Waals surface area contributed by atoms with E-state index in [1.54, 1.807) is 6.26 Å². The van der Waals surface area contributed by atoms with Crippen LogP contribution < -0.4 is 5.32 Å². The third-order valence-electron chi connectivity index (χ3n) is 4.10. The predicted molar refractivity (Wildman–Crippen MR) is 97.5 cm³/mol. The third kappa shape index (κ3) is 2.96. The summed E-state index contributed by atoms with van der Waals surface area (Å²) in [5.74, 6) is -0.695. The highest BCUT2D eigenvalue weighted by Gasteiger charge is 2.14. The minimum atomic E-state index is -0.449. The SMILES string of the molecule is O=C(Cc1coc2ccc3ccccc3c12)Nc1ccc(F)cc1Cl. The zero-order valence-corrected chi connectivity index (χ0v) is 13.8. The monoisotopic (exact) mass is 353 g/mol. The van der Waals surface area contributed by atoms with E-state index in [4.69, 9.17) is 16.0 Å². The molecule has 3 aromatic carbocycles. The Balaban J connectivity index is 1.66. The first kappa shape index (κ1) is 15.7. The summed E-state index contributed by atoms with van der Waals surface area (Å²) in [6.45, 7) is 0. The van der Waals surface area contributed by atoms with E-state index < -0.39 is 5.82 Å². The van der Waals surface area contributed by atoms with Gasteiger partial charge in [-0.3, -0.25) is 4.79 Å². The van der Waals surface area contributed by atoms with E-state index in [0.29, 0.717) is 5.69 Å². The van der Waals surface area contributed by atoms with Crippen molar-refractivity contribution >= 4 is 44.9 Å². The summed E-state index contributed by atoms with van der Waals surface area (Å²) < 4.78 is 18.7. The van der Waals surface area contributed by atoms with Crippen LogP contribution in [0.15, 0.2) is 65.3 Å². The second kappa shape index (κ2) is 6.22. The lowest BCUT2D eigenvalue weighted by molar-refractivity contribution is -0.115. The van der Waals surface area contributed by atoms with Crippen molar-refractivity contribution in [3.05, 3.63) is 77.3 Å². The number of furan rings is 1. The van der Waals surface area contributed by atoms with Crippen LogP contribution in [0.4, 0.5) is 10.1 Å². The molecule has 1 N–H and O–H groups in total. The van der Waals surface area contributed by atoms with Crippen LogP contribution in [0.1, 0.15) is 5.56 Å². The number of hydrogen-bond donors (Lipinski definition) is 1. The molecule has 1 amide bonds. The largest absolute Gasteiger partial charge is 0.464 e. The number of carbonyl (C=O) groups excluding carboxylic acids is 1. The van der Waals surface area contributed by atoms with Gasteiger partial charge in [-0.2, -0.15) is 0 Å². The van der Waals surface area contributed by atoms with Crippen LogP contribution >= 0.6 is 11.6 Å². The average molecular weight is 354 g/mol. The van der Waals surface area contributed by atoms with Crippen molar-refractivity contribution in [3.8, 4) is 0 Å². The fourth-order valence-electron chi connectivity index (χ4n) is 2.96. The zero-order chi connectivity index (χ0) is 17.4. The minimum Gasteiger partial charge on any atom is -0.464 e. The number of nitrogens with one attached hydrogen (secondary N) is 1. The summed E-state index contributed by atoms with van der Waals surface area (Å²) in [6, 6.07) is 15.7. The molecule has 4 rings (SSSR count). The van der Waals surface area contributed by atoms with E-state index in [2.05, 4.69) is 5.32 Å². The number of benzene rings is 3. The molecule has 0 saturated heterocycles. The molecule has 5 heteroatoms. The molecule has 1 heterocycles. The second-order valence-corrected chi connectivity index (χ2v) is 6.18. The van der Waals surface area contributed by atoms with Gasteiger partial charge in [0.25, 0.3) is 0 Å².